The molecule has 7 heteroatoms. The van der Waals surface area contributed by atoms with Gasteiger partial charge in [-0.3, -0.25) is 9.69 Å². The Hall–Kier alpha value is -2.38. The van der Waals surface area contributed by atoms with Crippen molar-refractivity contribution in [3.8, 4) is 0 Å². The number of nitrogens with zero attached hydrogens (tertiary/aromatic N) is 2. The van der Waals surface area contributed by atoms with Crippen LogP contribution in [-0.2, 0) is 9.84 Å². The topological polar surface area (TPSA) is 70.8 Å². The lowest BCUT2D eigenvalue weighted by Gasteiger charge is -2.37. The number of hydrogen-bond acceptors (Lipinski definition) is 5. The number of hydrogen-bond donors (Lipinski definition) is 0. The van der Waals surface area contributed by atoms with E-state index >= 15 is 0 Å². The van der Waals surface area contributed by atoms with Crippen molar-refractivity contribution < 1.29 is 17.6 Å². The fourth-order valence-electron chi connectivity index (χ4n) is 4.65. The molecule has 0 aliphatic carbocycles. The minimum atomic E-state index is -2.89. The van der Waals surface area contributed by atoms with Crippen molar-refractivity contribution >= 4 is 37.5 Å². The van der Waals surface area contributed by atoms with Gasteiger partial charge in [-0.15, -0.1) is 0 Å². The van der Waals surface area contributed by atoms with Crippen molar-refractivity contribution in [1.82, 2.24) is 9.80 Å². The number of furan rings is 1. The van der Waals surface area contributed by atoms with Crippen molar-refractivity contribution in [2.75, 3.05) is 37.7 Å². The lowest BCUT2D eigenvalue weighted by molar-refractivity contribution is 0.0560. The summed E-state index contributed by atoms with van der Waals surface area (Å²) in [7, 11) is -2.89. The predicted molar refractivity (Wildman–Crippen MR) is 113 cm³/mol. The molecule has 2 aliphatic heterocycles. The van der Waals surface area contributed by atoms with Crippen molar-refractivity contribution in [2.24, 2.45) is 0 Å². The molecular formula is C22H24N2O4S. The molecule has 6 nitrogen and oxygen atoms in total. The highest BCUT2D eigenvalue weighted by Gasteiger charge is 2.35. The number of carbonyl (C=O) groups is 1. The molecule has 0 N–H and O–H groups in total. The highest BCUT2D eigenvalue weighted by Crippen LogP contribution is 2.32. The zero-order valence-corrected chi connectivity index (χ0v) is 17.2. The first-order chi connectivity index (χ1) is 13.9. The van der Waals surface area contributed by atoms with Gasteiger partial charge in [0, 0.05) is 48.6 Å². The highest BCUT2D eigenvalue weighted by atomic mass is 32.2. The maximum atomic E-state index is 13.2. The molecule has 0 spiro atoms. The van der Waals surface area contributed by atoms with E-state index in [1.54, 1.807) is 0 Å². The Morgan fingerprint density at radius 1 is 1.03 bits per heavy atom. The van der Waals surface area contributed by atoms with E-state index < -0.39 is 9.84 Å². The first kappa shape index (κ1) is 18.6. The number of sulfone groups is 1. The monoisotopic (exact) mass is 412 g/mol. The summed E-state index contributed by atoms with van der Waals surface area (Å²) in [4.78, 5) is 17.2. The maximum absolute atomic E-state index is 13.2. The summed E-state index contributed by atoms with van der Waals surface area (Å²) < 4.78 is 29.6. The molecule has 1 atom stereocenters. The Morgan fingerprint density at radius 3 is 2.52 bits per heavy atom. The molecule has 2 aromatic carbocycles. The Bertz CT molecular complexity index is 1210. The van der Waals surface area contributed by atoms with Gasteiger partial charge >= 0.3 is 0 Å². The highest BCUT2D eigenvalue weighted by molar-refractivity contribution is 7.91. The predicted octanol–water partition coefficient (Wildman–Crippen LogP) is 2.84. The van der Waals surface area contributed by atoms with E-state index in [-0.39, 0.29) is 23.5 Å². The van der Waals surface area contributed by atoms with Crippen molar-refractivity contribution in [2.45, 2.75) is 19.4 Å². The third-order valence-electron chi connectivity index (χ3n) is 6.35. The van der Waals surface area contributed by atoms with E-state index in [0.29, 0.717) is 38.4 Å². The standard InChI is InChI=1S/C22H24N2O4S/c1-15-18-7-6-16-4-2-3-5-19(16)21(18)28-20(15)22(25)24-11-9-23(10-12-24)17-8-13-29(26,27)14-17/h2-7,17H,8-14H2,1H3/t17-/m0/s1. The molecule has 2 aliphatic rings. The molecule has 1 amide bonds. The lowest BCUT2D eigenvalue weighted by atomic mass is 10.1. The molecule has 0 saturated carbocycles. The molecule has 2 fully saturated rings. The minimum absolute atomic E-state index is 0.0820. The van der Waals surface area contributed by atoms with Crippen LogP contribution in [0.3, 0.4) is 0 Å². The van der Waals surface area contributed by atoms with Crippen LogP contribution in [0.2, 0.25) is 0 Å². The second-order valence-corrected chi connectivity index (χ2v) is 10.3. The normalized spacial score (nSPS) is 22.5. The van der Waals surface area contributed by atoms with Crippen molar-refractivity contribution in [3.05, 3.63) is 47.7 Å². The van der Waals surface area contributed by atoms with Crippen LogP contribution in [0.4, 0.5) is 0 Å². The molecule has 152 valence electrons. The van der Waals surface area contributed by atoms with E-state index in [1.165, 1.54) is 0 Å². The smallest absolute Gasteiger partial charge is 0.289 e. The van der Waals surface area contributed by atoms with Gasteiger partial charge in [-0.25, -0.2) is 8.42 Å². The Kier molecular flexibility index (Phi) is 4.40. The summed E-state index contributed by atoms with van der Waals surface area (Å²) >= 11 is 0. The third-order valence-corrected chi connectivity index (χ3v) is 8.10. The maximum Gasteiger partial charge on any atom is 0.289 e. The van der Waals surface area contributed by atoms with Crippen LogP contribution < -0.4 is 0 Å². The second-order valence-electron chi connectivity index (χ2n) is 8.10. The fourth-order valence-corrected chi connectivity index (χ4v) is 6.41. The summed E-state index contributed by atoms with van der Waals surface area (Å²) in [6.07, 6.45) is 0.700. The van der Waals surface area contributed by atoms with E-state index in [4.69, 9.17) is 4.42 Å². The average molecular weight is 413 g/mol. The van der Waals surface area contributed by atoms with Crippen molar-refractivity contribution in [1.29, 1.82) is 0 Å². The van der Waals surface area contributed by atoms with E-state index in [1.807, 2.05) is 42.2 Å². The molecule has 0 radical (unpaired) electrons. The number of aryl methyl sites for hydroxylation is 1. The van der Waals surface area contributed by atoms with Gasteiger partial charge in [-0.05, 0) is 18.7 Å². The van der Waals surface area contributed by atoms with E-state index in [2.05, 4.69) is 11.0 Å². The van der Waals surface area contributed by atoms with Crippen LogP contribution in [0, 0.1) is 6.92 Å². The van der Waals surface area contributed by atoms with Gasteiger partial charge in [-0.1, -0.05) is 36.4 Å². The van der Waals surface area contributed by atoms with Crippen LogP contribution in [0.1, 0.15) is 22.5 Å². The SMILES string of the molecule is Cc1c(C(=O)N2CCN([C@H]3CCS(=O)(=O)C3)CC2)oc2c1ccc1ccccc12. The Morgan fingerprint density at radius 2 is 1.79 bits per heavy atom. The molecule has 29 heavy (non-hydrogen) atoms. The number of carbonyl (C=O) groups excluding carboxylic acids is 1. The second kappa shape index (κ2) is 6.85. The van der Waals surface area contributed by atoms with Gasteiger partial charge in [0.1, 0.15) is 5.58 Å². The molecule has 5 rings (SSSR count). The largest absolute Gasteiger partial charge is 0.450 e. The molecule has 3 aromatic rings. The van der Waals surface area contributed by atoms with Crippen LogP contribution in [-0.4, -0.2) is 67.9 Å². The molecule has 0 unspecified atom stereocenters. The van der Waals surface area contributed by atoms with E-state index in [0.717, 1.165) is 27.3 Å². The average Bonchev–Trinajstić information content (AvgIpc) is 3.27. The number of amides is 1. The fraction of sp³-hybridized carbons (Fsp3) is 0.409. The van der Waals surface area contributed by atoms with Crippen LogP contribution in [0.15, 0.2) is 40.8 Å². The first-order valence-corrected chi connectivity index (χ1v) is 11.9. The van der Waals surface area contributed by atoms with Crippen LogP contribution >= 0.6 is 0 Å². The minimum Gasteiger partial charge on any atom is -0.450 e. The van der Waals surface area contributed by atoms with Gasteiger partial charge in [-0.2, -0.15) is 0 Å². The van der Waals surface area contributed by atoms with Gasteiger partial charge in [0.15, 0.2) is 15.6 Å². The molecule has 3 heterocycles. The van der Waals surface area contributed by atoms with Gasteiger partial charge in [0.25, 0.3) is 5.91 Å². The quantitative estimate of drug-likeness (QED) is 0.647. The number of fused-ring (bicyclic) bond motifs is 3. The summed E-state index contributed by atoms with van der Waals surface area (Å²) in [6.45, 7) is 4.52. The summed E-state index contributed by atoms with van der Waals surface area (Å²) in [6, 6.07) is 12.2. The molecule has 2 saturated heterocycles. The van der Waals surface area contributed by atoms with Crippen LogP contribution in [0.5, 0.6) is 0 Å². The van der Waals surface area contributed by atoms with Crippen molar-refractivity contribution in [3.63, 3.8) is 0 Å². The Balaban J connectivity index is 1.37. The van der Waals surface area contributed by atoms with E-state index in [9.17, 15) is 13.2 Å². The zero-order valence-electron chi connectivity index (χ0n) is 16.4. The number of rotatable bonds is 2. The summed E-state index contributed by atoms with van der Waals surface area (Å²) in [5.74, 6) is 0.856. The third kappa shape index (κ3) is 3.22. The molecular weight excluding hydrogens is 388 g/mol. The first-order valence-electron chi connectivity index (χ1n) is 10.1. The van der Waals surface area contributed by atoms with Gasteiger partial charge in [0.05, 0.1) is 11.5 Å². The molecule has 0 bridgehead atoms. The van der Waals surface area contributed by atoms with Crippen LogP contribution in [0.25, 0.3) is 21.7 Å². The molecule has 1 aromatic heterocycles. The summed E-state index contributed by atoms with van der Waals surface area (Å²) in [5, 5.41) is 3.08. The van der Waals surface area contributed by atoms with Gasteiger partial charge < -0.3 is 9.32 Å². The number of benzene rings is 2. The van der Waals surface area contributed by atoms with Gasteiger partial charge in [0.2, 0.25) is 0 Å². The Labute approximate surface area is 170 Å². The number of piperazine rings is 1. The summed E-state index contributed by atoms with van der Waals surface area (Å²) in [5.41, 5.74) is 1.64. The lowest BCUT2D eigenvalue weighted by Crippen LogP contribution is -2.52. The zero-order chi connectivity index (χ0) is 20.2.